The van der Waals surface area contributed by atoms with Gasteiger partial charge in [-0.05, 0) is 36.9 Å². The molecule has 104 valence electrons. The van der Waals surface area contributed by atoms with E-state index in [1.165, 1.54) is 36.5 Å². The smallest absolute Gasteiger partial charge is 0.0449 e. The number of thioether (sulfide) groups is 2. The van der Waals surface area contributed by atoms with Crippen molar-refractivity contribution in [3.63, 3.8) is 0 Å². The van der Waals surface area contributed by atoms with Crippen molar-refractivity contribution in [2.45, 2.75) is 36.5 Å². The molecule has 0 spiro atoms. The normalized spacial score (nSPS) is 25.8. The van der Waals surface area contributed by atoms with Crippen molar-refractivity contribution in [3.05, 3.63) is 35.4 Å². The Bertz CT molecular complexity index is 411. The maximum Gasteiger partial charge on any atom is 0.0449 e. The van der Waals surface area contributed by atoms with Crippen molar-refractivity contribution in [2.24, 2.45) is 0 Å². The fraction of sp³-hybridized carbons (Fsp3) is 0.625. The van der Waals surface area contributed by atoms with Crippen LogP contribution in [0.4, 0.5) is 0 Å². The summed E-state index contributed by atoms with van der Waals surface area (Å²) in [5, 5.41) is 4.32. The van der Waals surface area contributed by atoms with E-state index in [1.807, 2.05) is 0 Å². The highest BCUT2D eigenvalue weighted by Crippen LogP contribution is 2.42. The predicted octanol–water partition coefficient (Wildman–Crippen LogP) is 4.06. The topological polar surface area (TPSA) is 12.0 Å². The van der Waals surface area contributed by atoms with E-state index in [2.05, 4.69) is 60.2 Å². The van der Waals surface area contributed by atoms with Gasteiger partial charge in [0.25, 0.3) is 0 Å². The molecule has 1 aromatic rings. The highest BCUT2D eigenvalue weighted by Gasteiger charge is 2.29. The van der Waals surface area contributed by atoms with Crippen LogP contribution in [0.1, 0.15) is 42.3 Å². The summed E-state index contributed by atoms with van der Waals surface area (Å²) < 4.78 is 0. The number of nitrogens with one attached hydrogen (secondary N) is 1. The first-order valence-electron chi connectivity index (χ1n) is 7.35. The van der Waals surface area contributed by atoms with Crippen molar-refractivity contribution < 1.29 is 0 Å². The Morgan fingerprint density at radius 1 is 1.21 bits per heavy atom. The molecule has 0 amide bonds. The fourth-order valence-electron chi connectivity index (χ4n) is 3.13. The predicted molar refractivity (Wildman–Crippen MR) is 88.4 cm³/mol. The van der Waals surface area contributed by atoms with Crippen LogP contribution in [0.5, 0.6) is 0 Å². The summed E-state index contributed by atoms with van der Waals surface area (Å²) in [6, 6.07) is 9.67. The van der Waals surface area contributed by atoms with E-state index in [9.17, 15) is 0 Å². The molecular weight excluding hydrogens is 270 g/mol. The van der Waals surface area contributed by atoms with Crippen LogP contribution < -0.4 is 5.32 Å². The Balaban J connectivity index is 1.85. The van der Waals surface area contributed by atoms with Crippen LogP contribution >= 0.6 is 23.5 Å². The Kier molecular flexibility index (Phi) is 4.78. The quantitative estimate of drug-likeness (QED) is 0.899. The highest BCUT2D eigenvalue weighted by molar-refractivity contribution is 8.06. The van der Waals surface area contributed by atoms with Crippen LogP contribution in [0.25, 0.3) is 0 Å². The number of hydrogen-bond acceptors (Lipinski definition) is 3. The van der Waals surface area contributed by atoms with E-state index in [0.29, 0.717) is 6.04 Å². The first-order chi connectivity index (χ1) is 9.40. The lowest BCUT2D eigenvalue weighted by molar-refractivity contribution is 0.412. The standard InChI is InChI=1S/C16H23NS2/c1-17-16(15-11-18-9-10-19-15)14-8-3-2-7-13(14)12-5-4-6-12/h2-3,7-8,12,15-17H,4-6,9-11H2,1H3. The summed E-state index contributed by atoms with van der Waals surface area (Å²) in [6.07, 6.45) is 4.19. The summed E-state index contributed by atoms with van der Waals surface area (Å²) in [7, 11) is 2.13. The summed E-state index contributed by atoms with van der Waals surface area (Å²) in [5.41, 5.74) is 3.18. The maximum atomic E-state index is 3.60. The number of benzene rings is 1. The molecule has 3 rings (SSSR count). The van der Waals surface area contributed by atoms with Crippen LogP contribution in [0.3, 0.4) is 0 Å². The van der Waals surface area contributed by atoms with E-state index < -0.39 is 0 Å². The van der Waals surface area contributed by atoms with Gasteiger partial charge >= 0.3 is 0 Å². The van der Waals surface area contributed by atoms with E-state index in [-0.39, 0.29) is 0 Å². The van der Waals surface area contributed by atoms with Crippen LogP contribution in [0.2, 0.25) is 0 Å². The molecular formula is C16H23NS2. The highest BCUT2D eigenvalue weighted by atomic mass is 32.2. The molecule has 2 fully saturated rings. The first kappa shape index (κ1) is 13.8. The molecule has 2 atom stereocenters. The zero-order valence-corrected chi connectivity index (χ0v) is 13.2. The van der Waals surface area contributed by atoms with Crippen LogP contribution in [-0.2, 0) is 0 Å². The lowest BCUT2D eigenvalue weighted by Crippen LogP contribution is -2.32. The van der Waals surface area contributed by atoms with Gasteiger partial charge in [-0.1, -0.05) is 30.7 Å². The number of rotatable bonds is 4. The summed E-state index contributed by atoms with van der Waals surface area (Å²) in [5.74, 6) is 4.74. The van der Waals surface area contributed by atoms with Crippen molar-refractivity contribution in [3.8, 4) is 0 Å². The Hall–Kier alpha value is -0.120. The lowest BCUT2D eigenvalue weighted by atomic mass is 9.77. The SMILES string of the molecule is CNC(c1ccccc1C1CCC1)C1CSCCS1. The van der Waals surface area contributed by atoms with Crippen molar-refractivity contribution in [1.82, 2.24) is 5.32 Å². The van der Waals surface area contributed by atoms with E-state index in [4.69, 9.17) is 0 Å². The van der Waals surface area contributed by atoms with E-state index >= 15 is 0 Å². The molecule has 0 aromatic heterocycles. The molecule has 2 unspecified atom stereocenters. The van der Waals surface area contributed by atoms with E-state index in [1.54, 1.807) is 11.1 Å². The van der Waals surface area contributed by atoms with Crippen LogP contribution in [0.15, 0.2) is 24.3 Å². The second-order valence-electron chi connectivity index (χ2n) is 5.51. The van der Waals surface area contributed by atoms with Gasteiger partial charge in [-0.3, -0.25) is 0 Å². The Morgan fingerprint density at radius 2 is 2.05 bits per heavy atom. The van der Waals surface area contributed by atoms with E-state index in [0.717, 1.165) is 11.2 Å². The molecule has 1 N–H and O–H groups in total. The molecule has 19 heavy (non-hydrogen) atoms. The van der Waals surface area contributed by atoms with Gasteiger partial charge in [-0.15, -0.1) is 0 Å². The summed E-state index contributed by atoms with van der Waals surface area (Å²) in [4.78, 5) is 0. The van der Waals surface area contributed by atoms with Gasteiger partial charge < -0.3 is 5.32 Å². The monoisotopic (exact) mass is 293 g/mol. The van der Waals surface area contributed by atoms with Crippen LogP contribution in [0, 0.1) is 0 Å². The summed E-state index contributed by atoms with van der Waals surface area (Å²) in [6.45, 7) is 0. The van der Waals surface area contributed by atoms with Crippen molar-refractivity contribution in [2.75, 3.05) is 24.3 Å². The van der Waals surface area contributed by atoms with Gasteiger partial charge in [0, 0.05) is 28.6 Å². The molecule has 1 aliphatic carbocycles. The average molecular weight is 294 g/mol. The van der Waals surface area contributed by atoms with Crippen molar-refractivity contribution >= 4 is 23.5 Å². The number of hydrogen-bond donors (Lipinski definition) is 1. The molecule has 3 heteroatoms. The average Bonchev–Trinajstić information content (AvgIpc) is 2.41. The third-order valence-corrected chi connectivity index (χ3v) is 7.26. The van der Waals surface area contributed by atoms with Crippen molar-refractivity contribution in [1.29, 1.82) is 0 Å². The van der Waals surface area contributed by atoms with Gasteiger partial charge in [0.15, 0.2) is 0 Å². The molecule has 2 aliphatic rings. The minimum Gasteiger partial charge on any atom is -0.312 e. The zero-order chi connectivity index (χ0) is 13.1. The second kappa shape index (κ2) is 6.55. The van der Waals surface area contributed by atoms with Crippen LogP contribution in [-0.4, -0.2) is 29.6 Å². The first-order valence-corrected chi connectivity index (χ1v) is 9.56. The van der Waals surface area contributed by atoms with Gasteiger partial charge in [0.2, 0.25) is 0 Å². The van der Waals surface area contributed by atoms with Gasteiger partial charge in [0.1, 0.15) is 0 Å². The molecule has 0 radical (unpaired) electrons. The Morgan fingerprint density at radius 3 is 2.68 bits per heavy atom. The van der Waals surface area contributed by atoms with Gasteiger partial charge in [0.05, 0.1) is 0 Å². The largest absolute Gasteiger partial charge is 0.312 e. The zero-order valence-electron chi connectivity index (χ0n) is 11.6. The minimum atomic E-state index is 0.523. The second-order valence-corrected chi connectivity index (χ2v) is 8.00. The van der Waals surface area contributed by atoms with Gasteiger partial charge in [-0.25, -0.2) is 0 Å². The fourth-order valence-corrected chi connectivity index (χ4v) is 6.02. The molecule has 1 aliphatic heterocycles. The molecule has 1 saturated carbocycles. The minimum absolute atomic E-state index is 0.523. The van der Waals surface area contributed by atoms with Gasteiger partial charge in [-0.2, -0.15) is 23.5 Å². The third-order valence-electron chi connectivity index (χ3n) is 4.40. The molecule has 1 nitrogen and oxygen atoms in total. The molecule has 1 aromatic carbocycles. The lowest BCUT2D eigenvalue weighted by Gasteiger charge is -2.34. The Labute approximate surface area is 125 Å². The molecule has 1 saturated heterocycles. The third kappa shape index (κ3) is 2.98. The molecule has 1 heterocycles. The maximum absolute atomic E-state index is 3.60. The molecule has 0 bridgehead atoms. The summed E-state index contributed by atoms with van der Waals surface area (Å²) >= 11 is 4.27.